The van der Waals surface area contributed by atoms with Gasteiger partial charge in [0, 0.05) is 21.7 Å². The zero-order valence-corrected chi connectivity index (χ0v) is 18.4. The molecule has 0 saturated heterocycles. The van der Waals surface area contributed by atoms with E-state index in [1.807, 2.05) is 24.3 Å². The lowest BCUT2D eigenvalue weighted by atomic mass is 10.1. The fourth-order valence-electron chi connectivity index (χ4n) is 3.25. The van der Waals surface area contributed by atoms with Crippen molar-refractivity contribution in [3.63, 3.8) is 0 Å². The summed E-state index contributed by atoms with van der Waals surface area (Å²) >= 11 is 3.53. The van der Waals surface area contributed by atoms with Crippen molar-refractivity contribution in [3.05, 3.63) is 93.8 Å². The maximum absolute atomic E-state index is 13.5. The van der Waals surface area contributed by atoms with Crippen LogP contribution in [0.15, 0.2) is 81.9 Å². The third kappa shape index (κ3) is 4.09. The van der Waals surface area contributed by atoms with Crippen LogP contribution in [-0.4, -0.2) is 26.0 Å². The Morgan fingerprint density at radius 3 is 2.42 bits per heavy atom. The van der Waals surface area contributed by atoms with Crippen molar-refractivity contribution >= 4 is 39.4 Å². The van der Waals surface area contributed by atoms with E-state index >= 15 is 0 Å². The summed E-state index contributed by atoms with van der Waals surface area (Å²) in [5, 5.41) is 0. The van der Waals surface area contributed by atoms with Crippen LogP contribution >= 0.6 is 15.9 Å². The van der Waals surface area contributed by atoms with E-state index in [0.29, 0.717) is 28.6 Å². The molecule has 4 rings (SSSR count). The van der Waals surface area contributed by atoms with Gasteiger partial charge in [0.05, 0.1) is 19.9 Å². The molecule has 31 heavy (non-hydrogen) atoms. The van der Waals surface area contributed by atoms with Crippen LogP contribution in [0, 0.1) is 5.82 Å². The molecule has 0 spiro atoms. The first-order chi connectivity index (χ1) is 15.0. The van der Waals surface area contributed by atoms with Gasteiger partial charge in [-0.1, -0.05) is 34.1 Å². The lowest BCUT2D eigenvalue weighted by Crippen LogP contribution is -2.32. The number of carbonyl (C=O) groups excluding carboxylic acids is 1. The first kappa shape index (κ1) is 20.8. The molecule has 3 aromatic rings. The van der Waals surface area contributed by atoms with E-state index in [1.165, 1.54) is 17.0 Å². The predicted molar refractivity (Wildman–Crippen MR) is 122 cm³/mol. The van der Waals surface area contributed by atoms with Crippen molar-refractivity contribution in [3.8, 4) is 11.5 Å². The van der Waals surface area contributed by atoms with Crippen LogP contribution in [0.1, 0.15) is 11.1 Å². The third-order valence-electron chi connectivity index (χ3n) is 4.79. The Hall–Kier alpha value is -3.45. The van der Waals surface area contributed by atoms with E-state index in [4.69, 9.17) is 9.47 Å². The lowest BCUT2D eigenvalue weighted by Gasteiger charge is -2.19. The number of methoxy groups -OCH3 is 2. The number of amidine groups is 1. The van der Waals surface area contributed by atoms with Crippen molar-refractivity contribution in [2.24, 2.45) is 4.99 Å². The van der Waals surface area contributed by atoms with E-state index in [-0.39, 0.29) is 17.4 Å². The zero-order valence-electron chi connectivity index (χ0n) is 16.8. The van der Waals surface area contributed by atoms with Gasteiger partial charge >= 0.3 is 0 Å². The summed E-state index contributed by atoms with van der Waals surface area (Å²) < 4.78 is 25.0. The molecule has 0 fully saturated rings. The highest BCUT2D eigenvalue weighted by Gasteiger charge is 2.33. The van der Waals surface area contributed by atoms with Crippen LogP contribution in [0.25, 0.3) is 6.08 Å². The standard InChI is InChI=1S/C24H18BrFN2O3/c1-30-18-12-7-15(22(14-18)31-2)13-21-24(29)28(17-10-8-16(26)9-11-17)23(27-21)19-5-3-4-6-20(19)25/h3-14H,1-2H3/b21-13+. The van der Waals surface area contributed by atoms with Crippen LogP contribution in [-0.2, 0) is 4.79 Å². The quantitative estimate of drug-likeness (QED) is 0.456. The minimum absolute atomic E-state index is 0.235. The summed E-state index contributed by atoms with van der Waals surface area (Å²) in [6.07, 6.45) is 1.67. The number of aliphatic imine (C=N–C) groups is 1. The Kier molecular flexibility index (Phi) is 5.86. The Balaban J connectivity index is 1.85. The number of halogens is 2. The van der Waals surface area contributed by atoms with E-state index in [9.17, 15) is 9.18 Å². The molecule has 0 atom stereocenters. The van der Waals surface area contributed by atoms with Gasteiger partial charge in [0.1, 0.15) is 28.8 Å². The highest BCUT2D eigenvalue weighted by atomic mass is 79.9. The number of hydrogen-bond acceptors (Lipinski definition) is 4. The number of benzene rings is 3. The van der Waals surface area contributed by atoms with Gasteiger partial charge in [-0.05, 0) is 48.5 Å². The average Bonchev–Trinajstić information content (AvgIpc) is 3.10. The van der Waals surface area contributed by atoms with Gasteiger partial charge in [-0.15, -0.1) is 0 Å². The van der Waals surface area contributed by atoms with Gasteiger partial charge < -0.3 is 9.47 Å². The second-order valence-electron chi connectivity index (χ2n) is 6.67. The van der Waals surface area contributed by atoms with Gasteiger partial charge in [0.2, 0.25) is 0 Å². The highest BCUT2D eigenvalue weighted by Crippen LogP contribution is 2.32. The SMILES string of the molecule is COc1ccc(/C=C2/N=C(c3ccccc3Br)N(c3ccc(F)cc3)C2=O)c(OC)c1. The third-order valence-corrected chi connectivity index (χ3v) is 5.48. The molecule has 0 aromatic heterocycles. The van der Waals surface area contributed by atoms with Crippen LogP contribution in [0.2, 0.25) is 0 Å². The summed E-state index contributed by atoms with van der Waals surface area (Å²) in [6, 6.07) is 18.5. The number of ether oxygens (including phenoxy) is 2. The van der Waals surface area contributed by atoms with Gasteiger partial charge in [0.25, 0.3) is 5.91 Å². The molecule has 5 nitrogen and oxygen atoms in total. The van der Waals surface area contributed by atoms with E-state index in [1.54, 1.807) is 50.6 Å². The fourth-order valence-corrected chi connectivity index (χ4v) is 3.72. The van der Waals surface area contributed by atoms with Crippen LogP contribution < -0.4 is 14.4 Å². The molecule has 0 aliphatic carbocycles. The van der Waals surface area contributed by atoms with Crippen LogP contribution in [0.4, 0.5) is 10.1 Å². The highest BCUT2D eigenvalue weighted by molar-refractivity contribution is 9.10. The van der Waals surface area contributed by atoms with Crippen molar-refractivity contribution in [1.29, 1.82) is 0 Å². The van der Waals surface area contributed by atoms with Crippen LogP contribution in [0.3, 0.4) is 0 Å². The molecule has 3 aromatic carbocycles. The molecule has 0 N–H and O–H groups in total. The summed E-state index contributed by atoms with van der Waals surface area (Å²) in [5.41, 5.74) is 2.18. The zero-order chi connectivity index (χ0) is 22.0. The average molecular weight is 481 g/mol. The number of hydrogen-bond donors (Lipinski definition) is 0. The normalized spacial score (nSPS) is 14.7. The fraction of sp³-hybridized carbons (Fsp3) is 0.0833. The first-order valence-electron chi connectivity index (χ1n) is 9.39. The first-order valence-corrected chi connectivity index (χ1v) is 10.2. The summed E-state index contributed by atoms with van der Waals surface area (Å²) in [4.78, 5) is 19.5. The van der Waals surface area contributed by atoms with E-state index in [2.05, 4.69) is 20.9 Å². The summed E-state index contributed by atoms with van der Waals surface area (Å²) in [5.74, 6) is 0.936. The van der Waals surface area contributed by atoms with Crippen molar-refractivity contribution in [2.45, 2.75) is 0 Å². The predicted octanol–water partition coefficient (Wildman–Crippen LogP) is 5.44. The smallest absolute Gasteiger partial charge is 0.282 e. The molecule has 1 amide bonds. The molecule has 0 bridgehead atoms. The molecule has 1 aliphatic rings. The summed E-state index contributed by atoms with van der Waals surface area (Å²) in [6.45, 7) is 0. The van der Waals surface area contributed by atoms with E-state index < -0.39 is 0 Å². The van der Waals surface area contributed by atoms with Gasteiger partial charge in [-0.2, -0.15) is 0 Å². The number of amides is 1. The summed E-state index contributed by atoms with van der Waals surface area (Å²) in [7, 11) is 3.12. The maximum Gasteiger partial charge on any atom is 0.282 e. The Morgan fingerprint density at radius 2 is 1.74 bits per heavy atom. The Labute approximate surface area is 187 Å². The molecular weight excluding hydrogens is 463 g/mol. The minimum Gasteiger partial charge on any atom is -0.497 e. The number of nitrogens with zero attached hydrogens (tertiary/aromatic N) is 2. The van der Waals surface area contributed by atoms with E-state index in [0.717, 1.165) is 10.0 Å². The minimum atomic E-state index is -0.381. The topological polar surface area (TPSA) is 51.1 Å². The maximum atomic E-state index is 13.5. The van der Waals surface area contributed by atoms with Crippen molar-refractivity contribution < 1.29 is 18.7 Å². The van der Waals surface area contributed by atoms with Crippen molar-refractivity contribution in [2.75, 3.05) is 19.1 Å². The van der Waals surface area contributed by atoms with Gasteiger partial charge in [-0.3, -0.25) is 9.69 Å². The molecule has 1 heterocycles. The molecule has 156 valence electrons. The Morgan fingerprint density at radius 1 is 1.00 bits per heavy atom. The molecular formula is C24H18BrFN2O3. The molecule has 1 aliphatic heterocycles. The Bertz CT molecular complexity index is 1210. The second-order valence-corrected chi connectivity index (χ2v) is 7.52. The number of carbonyl (C=O) groups is 1. The van der Waals surface area contributed by atoms with Crippen molar-refractivity contribution in [1.82, 2.24) is 0 Å². The number of anilines is 1. The molecule has 0 radical (unpaired) electrons. The molecule has 0 saturated carbocycles. The number of rotatable bonds is 5. The molecule has 0 unspecified atom stereocenters. The monoisotopic (exact) mass is 480 g/mol. The van der Waals surface area contributed by atoms with Gasteiger partial charge in [-0.25, -0.2) is 9.38 Å². The lowest BCUT2D eigenvalue weighted by molar-refractivity contribution is -0.113. The van der Waals surface area contributed by atoms with Gasteiger partial charge in [0.15, 0.2) is 0 Å². The second kappa shape index (κ2) is 8.73. The van der Waals surface area contributed by atoms with Crippen LogP contribution in [0.5, 0.6) is 11.5 Å². The largest absolute Gasteiger partial charge is 0.497 e. The molecule has 7 heteroatoms.